The average Bonchev–Trinajstić information content (AvgIpc) is 2.96. The van der Waals surface area contributed by atoms with E-state index in [9.17, 15) is 14.4 Å². The monoisotopic (exact) mass is 529 g/mol. The highest BCUT2D eigenvalue weighted by Crippen LogP contribution is 2.28. The van der Waals surface area contributed by atoms with E-state index in [0.29, 0.717) is 54.9 Å². The van der Waals surface area contributed by atoms with E-state index in [1.54, 1.807) is 48.5 Å². The van der Waals surface area contributed by atoms with Gasteiger partial charge >= 0.3 is 5.97 Å². The topological polar surface area (TPSA) is 102 Å². The summed E-state index contributed by atoms with van der Waals surface area (Å²) in [6.45, 7) is 2.38. The summed E-state index contributed by atoms with van der Waals surface area (Å²) in [6.07, 6.45) is 3.45. The van der Waals surface area contributed by atoms with Crippen LogP contribution in [-0.4, -0.2) is 35.4 Å². The fourth-order valence-electron chi connectivity index (χ4n) is 4.72. The van der Waals surface area contributed by atoms with E-state index in [4.69, 9.17) is 14.6 Å². The smallest absolute Gasteiger partial charge is 0.306 e. The molecule has 204 valence electrons. The third-order valence-electron chi connectivity index (χ3n) is 7.07. The Hall–Kier alpha value is -4.13. The second-order valence-electron chi connectivity index (χ2n) is 9.93. The van der Waals surface area contributed by atoms with E-state index < -0.39 is 5.97 Å². The van der Waals surface area contributed by atoms with Gasteiger partial charge in [0, 0.05) is 24.1 Å². The van der Waals surface area contributed by atoms with Crippen LogP contribution in [0.3, 0.4) is 0 Å². The van der Waals surface area contributed by atoms with Gasteiger partial charge in [-0.3, -0.25) is 14.4 Å². The van der Waals surface area contributed by atoms with Crippen molar-refractivity contribution < 1.29 is 29.0 Å². The summed E-state index contributed by atoms with van der Waals surface area (Å²) in [4.78, 5) is 36.1. The van der Waals surface area contributed by atoms with E-state index >= 15 is 0 Å². The Morgan fingerprint density at radius 1 is 0.846 bits per heavy atom. The fraction of sp³-hybridized carbons (Fsp3) is 0.344. The second kappa shape index (κ2) is 13.6. The Morgan fingerprint density at radius 2 is 1.46 bits per heavy atom. The molecule has 0 aliphatic heterocycles. The van der Waals surface area contributed by atoms with Crippen molar-refractivity contribution in [2.45, 2.75) is 57.7 Å². The molecular formula is C32H35NO6. The lowest BCUT2D eigenvalue weighted by Crippen LogP contribution is -2.27. The van der Waals surface area contributed by atoms with Crippen molar-refractivity contribution in [2.75, 3.05) is 6.54 Å². The maximum atomic E-state index is 12.6. The number of hydrogen-bond acceptors (Lipinski definition) is 5. The number of rotatable bonds is 12. The zero-order chi connectivity index (χ0) is 27.6. The van der Waals surface area contributed by atoms with Gasteiger partial charge in [0.25, 0.3) is 5.91 Å². The molecule has 0 saturated heterocycles. The number of benzene rings is 3. The number of carbonyl (C=O) groups excluding carboxylic acids is 2. The van der Waals surface area contributed by atoms with Crippen LogP contribution in [0.15, 0.2) is 78.9 Å². The van der Waals surface area contributed by atoms with Gasteiger partial charge < -0.3 is 19.9 Å². The Labute approximate surface area is 229 Å². The van der Waals surface area contributed by atoms with Crippen molar-refractivity contribution in [3.05, 3.63) is 95.6 Å². The zero-order valence-corrected chi connectivity index (χ0v) is 22.2. The summed E-state index contributed by atoms with van der Waals surface area (Å²) in [5.41, 5.74) is 2.21. The van der Waals surface area contributed by atoms with Gasteiger partial charge in [-0.15, -0.1) is 0 Å². The standard InChI is InChI=1S/C32H35NO6/c1-22(23-6-3-2-4-7-23)38-27-17-11-25(12-18-27)31(35)33-21-5-8-30(34)24-9-15-28(16-10-24)39-29-19-13-26(14-20-29)32(36)37/h2-4,6-7,9-12,15-18,22,26,29H,5,8,13-14,19-21H2,1H3,(H,33,35)(H,36,37)/t22-,26?,29?/m1/s1. The van der Waals surface area contributed by atoms with Crippen LogP contribution in [0.2, 0.25) is 0 Å². The van der Waals surface area contributed by atoms with Crippen LogP contribution >= 0.6 is 0 Å². The predicted molar refractivity (Wildman–Crippen MR) is 148 cm³/mol. The number of amides is 1. The molecule has 7 nitrogen and oxygen atoms in total. The third kappa shape index (κ3) is 8.18. The summed E-state index contributed by atoms with van der Waals surface area (Å²) in [5.74, 6) is 0.183. The Morgan fingerprint density at radius 3 is 2.10 bits per heavy atom. The SMILES string of the molecule is C[C@@H](Oc1ccc(C(=O)NCCCC(=O)c2ccc(OC3CCC(C(=O)O)CC3)cc2)cc1)c1ccccc1. The quantitative estimate of drug-likeness (QED) is 0.213. The molecule has 4 rings (SSSR count). The van der Waals surface area contributed by atoms with E-state index in [0.717, 1.165) is 18.4 Å². The number of carboxylic acids is 1. The van der Waals surface area contributed by atoms with E-state index in [1.807, 2.05) is 37.3 Å². The molecule has 0 spiro atoms. The van der Waals surface area contributed by atoms with E-state index in [-0.39, 0.29) is 29.8 Å². The highest BCUT2D eigenvalue weighted by Gasteiger charge is 2.26. The first-order valence-electron chi connectivity index (χ1n) is 13.5. The van der Waals surface area contributed by atoms with Gasteiger partial charge in [-0.2, -0.15) is 0 Å². The highest BCUT2D eigenvalue weighted by molar-refractivity contribution is 5.96. The van der Waals surface area contributed by atoms with Gasteiger partial charge in [0.05, 0.1) is 12.0 Å². The van der Waals surface area contributed by atoms with Crippen LogP contribution in [0.5, 0.6) is 11.5 Å². The second-order valence-corrected chi connectivity index (χ2v) is 9.93. The van der Waals surface area contributed by atoms with Crippen LogP contribution in [-0.2, 0) is 4.79 Å². The van der Waals surface area contributed by atoms with Gasteiger partial charge in [-0.05, 0) is 93.1 Å². The molecule has 2 N–H and O–H groups in total. The molecule has 0 unspecified atom stereocenters. The van der Waals surface area contributed by atoms with Gasteiger partial charge in [-0.25, -0.2) is 0 Å². The van der Waals surface area contributed by atoms with Crippen LogP contribution < -0.4 is 14.8 Å². The molecule has 0 heterocycles. The van der Waals surface area contributed by atoms with Crippen molar-refractivity contribution in [2.24, 2.45) is 5.92 Å². The van der Waals surface area contributed by atoms with Crippen molar-refractivity contribution in [3.63, 3.8) is 0 Å². The lowest BCUT2D eigenvalue weighted by atomic mass is 9.87. The molecule has 39 heavy (non-hydrogen) atoms. The van der Waals surface area contributed by atoms with Crippen molar-refractivity contribution in [1.82, 2.24) is 5.32 Å². The van der Waals surface area contributed by atoms with Crippen LogP contribution in [0.4, 0.5) is 0 Å². The molecule has 7 heteroatoms. The number of aliphatic carboxylic acids is 1. The maximum Gasteiger partial charge on any atom is 0.306 e. The highest BCUT2D eigenvalue weighted by atomic mass is 16.5. The minimum Gasteiger partial charge on any atom is -0.490 e. The van der Waals surface area contributed by atoms with Gasteiger partial charge in [0.15, 0.2) is 5.78 Å². The molecular weight excluding hydrogens is 494 g/mol. The fourth-order valence-corrected chi connectivity index (χ4v) is 4.72. The normalized spacial score (nSPS) is 17.6. The number of Topliss-reactive ketones (excluding diaryl/α,β-unsaturated/α-hetero) is 1. The summed E-state index contributed by atoms with van der Waals surface area (Å²) in [6, 6.07) is 24.0. The number of hydrogen-bond donors (Lipinski definition) is 2. The van der Waals surface area contributed by atoms with Gasteiger partial charge in [0.2, 0.25) is 0 Å². The van der Waals surface area contributed by atoms with E-state index in [1.165, 1.54) is 0 Å². The number of nitrogens with one attached hydrogen (secondary N) is 1. The lowest BCUT2D eigenvalue weighted by molar-refractivity contribution is -0.143. The van der Waals surface area contributed by atoms with Gasteiger partial charge in [-0.1, -0.05) is 30.3 Å². The van der Waals surface area contributed by atoms with Crippen molar-refractivity contribution >= 4 is 17.7 Å². The number of ether oxygens (including phenoxy) is 2. The van der Waals surface area contributed by atoms with Crippen LogP contribution in [0, 0.1) is 5.92 Å². The molecule has 1 atom stereocenters. The van der Waals surface area contributed by atoms with Crippen LogP contribution in [0.25, 0.3) is 0 Å². The minimum atomic E-state index is -0.732. The molecule has 1 aliphatic rings. The first kappa shape index (κ1) is 27.9. The summed E-state index contributed by atoms with van der Waals surface area (Å²) < 4.78 is 11.9. The number of carbonyl (C=O) groups is 3. The molecule has 3 aromatic rings. The Balaban J connectivity index is 1.15. The molecule has 1 saturated carbocycles. The van der Waals surface area contributed by atoms with E-state index in [2.05, 4.69) is 5.32 Å². The van der Waals surface area contributed by atoms with Crippen LogP contribution in [0.1, 0.15) is 77.8 Å². The Bertz CT molecular complexity index is 1230. The molecule has 1 amide bonds. The average molecular weight is 530 g/mol. The summed E-state index contributed by atoms with van der Waals surface area (Å²) in [7, 11) is 0. The predicted octanol–water partition coefficient (Wildman–Crippen LogP) is 6.24. The summed E-state index contributed by atoms with van der Waals surface area (Å²) in [5, 5.41) is 12.0. The third-order valence-corrected chi connectivity index (χ3v) is 7.07. The number of ketones is 1. The molecule has 0 radical (unpaired) electrons. The summed E-state index contributed by atoms with van der Waals surface area (Å²) >= 11 is 0. The Kier molecular flexibility index (Phi) is 9.73. The minimum absolute atomic E-state index is 0.00630. The maximum absolute atomic E-state index is 12.6. The lowest BCUT2D eigenvalue weighted by Gasteiger charge is -2.26. The molecule has 1 fully saturated rings. The van der Waals surface area contributed by atoms with Crippen molar-refractivity contribution in [3.8, 4) is 11.5 Å². The first-order valence-corrected chi connectivity index (χ1v) is 13.5. The zero-order valence-electron chi connectivity index (χ0n) is 22.2. The molecule has 0 bridgehead atoms. The van der Waals surface area contributed by atoms with Gasteiger partial charge in [0.1, 0.15) is 17.6 Å². The molecule has 1 aliphatic carbocycles. The first-order chi connectivity index (χ1) is 18.9. The largest absolute Gasteiger partial charge is 0.490 e. The molecule has 0 aromatic heterocycles. The van der Waals surface area contributed by atoms with Crippen molar-refractivity contribution in [1.29, 1.82) is 0 Å². The molecule has 3 aromatic carbocycles. The number of carboxylic acid groups (broad SMARTS) is 1.